The van der Waals surface area contributed by atoms with Gasteiger partial charge in [-0.3, -0.25) is 0 Å². The Bertz CT molecular complexity index is 1200. The van der Waals surface area contributed by atoms with Gasteiger partial charge in [0, 0.05) is 0 Å². The van der Waals surface area contributed by atoms with E-state index in [4.69, 9.17) is 8.71 Å². The summed E-state index contributed by atoms with van der Waals surface area (Å²) in [5.41, 5.74) is 0.681. The molecule has 0 aliphatic heterocycles. The van der Waals surface area contributed by atoms with E-state index in [9.17, 15) is 8.42 Å². The predicted octanol–water partition coefficient (Wildman–Crippen LogP) is 4.62. The molecule has 4 rings (SSSR count). The Morgan fingerprint density at radius 2 is 1.00 bits per heavy atom. The summed E-state index contributed by atoms with van der Waals surface area (Å²) >= 11 is 0. The summed E-state index contributed by atoms with van der Waals surface area (Å²) in [5, 5.41) is 2.54. The molecule has 4 aromatic rings. The van der Waals surface area contributed by atoms with Gasteiger partial charge in [-0.2, -0.15) is 0 Å². The summed E-state index contributed by atoms with van der Waals surface area (Å²) in [6.07, 6.45) is 0.383. The van der Waals surface area contributed by atoms with Crippen molar-refractivity contribution < 1.29 is 17.1 Å². The van der Waals surface area contributed by atoms with Gasteiger partial charge in [-0.25, -0.2) is 0 Å². The molecule has 0 bridgehead atoms. The van der Waals surface area contributed by atoms with Crippen molar-refractivity contribution in [2.75, 3.05) is 19.9 Å². The van der Waals surface area contributed by atoms with Crippen LogP contribution in [0.3, 0.4) is 0 Å². The van der Waals surface area contributed by atoms with Crippen LogP contribution in [0, 0.1) is 0 Å². The monoisotopic (exact) mass is 492 g/mol. The molecule has 0 spiro atoms. The minimum atomic E-state index is -4.02. The van der Waals surface area contributed by atoms with Gasteiger partial charge in [0.05, 0.1) is 0 Å². The van der Waals surface area contributed by atoms with E-state index in [1.807, 2.05) is 109 Å². The molecule has 4 nitrogen and oxygen atoms in total. The Labute approximate surface area is 202 Å². The zero-order chi connectivity index (χ0) is 23.9. The molecule has 0 saturated heterocycles. The molecule has 0 radical (unpaired) electrons. The average molecular weight is 493 g/mol. The second-order valence-corrected chi connectivity index (χ2v) is 14.6. The van der Waals surface area contributed by atoms with Crippen molar-refractivity contribution in [2.24, 2.45) is 0 Å². The molecule has 0 N–H and O–H groups in total. The van der Waals surface area contributed by atoms with Crippen LogP contribution >= 0.6 is 6.83 Å². The molecule has 176 valence electrons. The molecule has 0 aromatic heterocycles. The van der Waals surface area contributed by atoms with Gasteiger partial charge in [-0.15, -0.1) is 0 Å². The normalized spacial score (nSPS) is 13.1. The molecule has 4 aromatic carbocycles. The molecule has 0 atom stereocenters. The van der Waals surface area contributed by atoms with Gasteiger partial charge >= 0.3 is 203 Å². The Morgan fingerprint density at radius 1 is 0.618 bits per heavy atom. The number of hydrogen-bond donors (Lipinski definition) is 0. The Balaban J connectivity index is 2.06. The summed E-state index contributed by atoms with van der Waals surface area (Å²) in [5.74, 6) is -0.217. The van der Waals surface area contributed by atoms with Gasteiger partial charge in [-0.1, -0.05) is 0 Å². The van der Waals surface area contributed by atoms with E-state index in [0.717, 1.165) is 15.9 Å². The van der Waals surface area contributed by atoms with Crippen molar-refractivity contribution in [1.82, 2.24) is 0 Å². The molecular formula is C28H29O4PS. The maximum absolute atomic E-state index is 13.9. The first-order valence-corrected chi connectivity index (χ1v) is 15.1. The van der Waals surface area contributed by atoms with E-state index in [1.54, 1.807) is 19.2 Å². The number of rotatable bonds is 10. The first-order chi connectivity index (χ1) is 16.5. The molecule has 0 aliphatic carbocycles. The third kappa shape index (κ3) is 4.57. The van der Waals surface area contributed by atoms with Crippen molar-refractivity contribution in [3.05, 3.63) is 127 Å². The minimum absolute atomic E-state index is 0.217. The summed E-state index contributed by atoms with van der Waals surface area (Å²) in [6.45, 7) is -3.69. The van der Waals surface area contributed by atoms with Crippen molar-refractivity contribution in [1.29, 1.82) is 0 Å². The van der Waals surface area contributed by atoms with Gasteiger partial charge in [0.2, 0.25) is 0 Å². The third-order valence-corrected chi connectivity index (χ3v) is 14.2. The van der Waals surface area contributed by atoms with Gasteiger partial charge in [0.25, 0.3) is 0 Å². The fourth-order valence-electron chi connectivity index (χ4n) is 4.55. The summed E-state index contributed by atoms with van der Waals surface area (Å²) < 4.78 is 40.0. The second-order valence-electron chi connectivity index (χ2n) is 8.20. The topological polar surface area (TPSA) is 52.6 Å². The van der Waals surface area contributed by atoms with E-state index in [-0.39, 0.29) is 5.75 Å². The molecular weight excluding hydrogens is 463 g/mol. The van der Waals surface area contributed by atoms with E-state index >= 15 is 0 Å². The van der Waals surface area contributed by atoms with Crippen LogP contribution in [0.4, 0.5) is 0 Å². The van der Waals surface area contributed by atoms with E-state index in [1.165, 1.54) is 0 Å². The van der Waals surface area contributed by atoms with Crippen LogP contribution in [-0.2, 0) is 24.6 Å². The number of methoxy groups -OCH3 is 1. The fourth-order valence-corrected chi connectivity index (χ4v) is 13.3. The molecule has 0 unspecified atom stereocenters. The Kier molecular flexibility index (Phi) is 7.30. The van der Waals surface area contributed by atoms with Crippen LogP contribution in [-0.4, -0.2) is 28.3 Å². The van der Waals surface area contributed by atoms with Crippen molar-refractivity contribution in [3.8, 4) is 0 Å². The molecule has 0 fully saturated rings. The molecule has 0 amide bonds. The van der Waals surface area contributed by atoms with Crippen LogP contribution in [0.2, 0.25) is 0 Å². The first-order valence-electron chi connectivity index (χ1n) is 11.2. The van der Waals surface area contributed by atoms with Gasteiger partial charge in [-0.05, 0) is 0 Å². The first kappa shape index (κ1) is 24.3. The van der Waals surface area contributed by atoms with Gasteiger partial charge in [0.15, 0.2) is 0 Å². The molecule has 0 saturated carbocycles. The van der Waals surface area contributed by atoms with Crippen LogP contribution in [0.5, 0.6) is 0 Å². The van der Waals surface area contributed by atoms with E-state index < -0.39 is 16.9 Å². The fraction of sp³-hybridized carbons (Fsp3) is 0.143. The molecule has 6 heteroatoms. The van der Waals surface area contributed by atoms with Crippen molar-refractivity contribution >= 4 is 32.9 Å². The number of ether oxygens (including phenoxy) is 1. The Hall–Kier alpha value is -2.82. The zero-order valence-corrected chi connectivity index (χ0v) is 20.9. The molecule has 0 aliphatic rings. The second kappa shape index (κ2) is 10.2. The standard InChI is InChI=1S/C28H29O4PS/c1-31-22-23-33(26-16-8-3-9-17-26,27-18-10-4-11-19-27,28-20-12-5-13-21-28)32-34(29,30)24-25-14-6-2-7-15-25/h2-21H,22-24H2,1H3. The average Bonchev–Trinajstić information content (AvgIpc) is 2.88. The molecule has 0 heterocycles. The van der Waals surface area contributed by atoms with Crippen LogP contribution < -0.4 is 15.9 Å². The SMILES string of the molecule is COCCP(OS(=O)(=O)Cc1ccccc1)(c1ccccc1)(c1ccccc1)c1ccccc1. The summed E-state index contributed by atoms with van der Waals surface area (Å²) in [7, 11) is -2.39. The number of hydrogen-bond acceptors (Lipinski definition) is 4. The van der Waals surface area contributed by atoms with Crippen LogP contribution in [0.25, 0.3) is 0 Å². The van der Waals surface area contributed by atoms with Crippen LogP contribution in [0.15, 0.2) is 121 Å². The summed E-state index contributed by atoms with van der Waals surface area (Å²) in [4.78, 5) is 0. The zero-order valence-electron chi connectivity index (χ0n) is 19.2. The van der Waals surface area contributed by atoms with Gasteiger partial charge < -0.3 is 0 Å². The van der Waals surface area contributed by atoms with Crippen molar-refractivity contribution in [2.45, 2.75) is 5.75 Å². The van der Waals surface area contributed by atoms with E-state index in [0.29, 0.717) is 18.3 Å². The van der Waals surface area contributed by atoms with Crippen LogP contribution in [0.1, 0.15) is 5.56 Å². The third-order valence-electron chi connectivity index (χ3n) is 6.09. The summed E-state index contributed by atoms with van der Waals surface area (Å²) in [6, 6.07) is 38.4. The Morgan fingerprint density at radius 3 is 1.38 bits per heavy atom. The van der Waals surface area contributed by atoms with Crippen molar-refractivity contribution in [3.63, 3.8) is 0 Å². The quantitative estimate of drug-likeness (QED) is 0.303. The number of benzene rings is 4. The maximum atomic E-state index is 13.9. The molecule has 34 heavy (non-hydrogen) atoms. The predicted molar refractivity (Wildman–Crippen MR) is 142 cm³/mol. The van der Waals surface area contributed by atoms with E-state index in [2.05, 4.69) is 0 Å². The van der Waals surface area contributed by atoms with Gasteiger partial charge in [0.1, 0.15) is 0 Å².